The third kappa shape index (κ3) is 4.78. The lowest BCUT2D eigenvalue weighted by molar-refractivity contribution is -0.117. The van der Waals surface area contributed by atoms with Crippen molar-refractivity contribution in [2.45, 2.75) is 30.6 Å². The number of fused-ring (bicyclic) bond motifs is 1. The van der Waals surface area contributed by atoms with Crippen molar-refractivity contribution in [1.29, 1.82) is 5.26 Å². The van der Waals surface area contributed by atoms with Crippen molar-refractivity contribution < 1.29 is 13.2 Å². The summed E-state index contributed by atoms with van der Waals surface area (Å²) in [6.07, 6.45) is 4.06. The van der Waals surface area contributed by atoms with Gasteiger partial charge in [0.1, 0.15) is 11.1 Å². The van der Waals surface area contributed by atoms with E-state index >= 15 is 0 Å². The van der Waals surface area contributed by atoms with E-state index in [1.165, 1.54) is 32.7 Å². The molecule has 31 heavy (non-hydrogen) atoms. The zero-order chi connectivity index (χ0) is 22.0. The number of carbonyl (C=O) groups is 1. The molecular formula is C21H23ClN4O3S2. The molecule has 1 aromatic heterocycles. The van der Waals surface area contributed by atoms with Crippen LogP contribution in [0.15, 0.2) is 29.2 Å². The van der Waals surface area contributed by atoms with Gasteiger partial charge in [0.05, 0.1) is 17.0 Å². The molecule has 1 aliphatic heterocycles. The predicted molar refractivity (Wildman–Crippen MR) is 121 cm³/mol. The number of hydrogen-bond acceptors (Lipinski definition) is 6. The second-order valence-corrected chi connectivity index (χ2v) is 11.2. The summed E-state index contributed by atoms with van der Waals surface area (Å²) in [6, 6.07) is 8.39. The minimum atomic E-state index is -3.58. The fourth-order valence-corrected chi connectivity index (χ4v) is 6.83. The van der Waals surface area contributed by atoms with Gasteiger partial charge in [-0.3, -0.25) is 9.69 Å². The molecule has 164 valence electrons. The number of rotatable bonds is 5. The summed E-state index contributed by atoms with van der Waals surface area (Å²) >= 11 is 7.36. The summed E-state index contributed by atoms with van der Waals surface area (Å²) in [5.74, 6) is -0.177. The molecule has 0 unspecified atom stereocenters. The van der Waals surface area contributed by atoms with Gasteiger partial charge in [-0.1, -0.05) is 11.6 Å². The van der Waals surface area contributed by atoms with E-state index in [0.717, 1.165) is 31.2 Å². The van der Waals surface area contributed by atoms with Crippen LogP contribution < -0.4 is 5.32 Å². The average molecular weight is 479 g/mol. The number of carbonyl (C=O) groups excluding carboxylic acids is 1. The minimum absolute atomic E-state index is 0.169. The summed E-state index contributed by atoms with van der Waals surface area (Å²) in [5, 5.41) is 13.6. The number of aryl methyl sites for hydroxylation is 1. The van der Waals surface area contributed by atoms with Gasteiger partial charge in [0.25, 0.3) is 0 Å². The zero-order valence-electron chi connectivity index (χ0n) is 16.9. The van der Waals surface area contributed by atoms with Crippen LogP contribution in [0.4, 0.5) is 5.00 Å². The number of sulfonamides is 1. The van der Waals surface area contributed by atoms with Gasteiger partial charge in [0.15, 0.2) is 0 Å². The van der Waals surface area contributed by atoms with Crippen LogP contribution in [0.25, 0.3) is 0 Å². The second-order valence-electron chi connectivity index (χ2n) is 7.71. The molecule has 4 rings (SSSR count). The maximum atomic E-state index is 12.8. The standard InChI is InChI=1S/C21H23ClN4O3S2/c22-15-5-7-16(8-6-15)31(28,29)26-11-9-25(10-12-26)14-20(27)24-21-18(13-23)17-3-1-2-4-19(17)30-21/h5-8H,1-4,9-12,14H2,(H,24,27). The number of thiophene rings is 1. The highest BCUT2D eigenvalue weighted by Gasteiger charge is 2.29. The molecule has 1 fully saturated rings. The minimum Gasteiger partial charge on any atom is -0.315 e. The first-order chi connectivity index (χ1) is 14.9. The molecule has 2 heterocycles. The Hall–Kier alpha value is -1.96. The van der Waals surface area contributed by atoms with Gasteiger partial charge in [0, 0.05) is 36.1 Å². The molecule has 2 aliphatic rings. The van der Waals surface area contributed by atoms with E-state index in [9.17, 15) is 18.5 Å². The summed E-state index contributed by atoms with van der Waals surface area (Å²) in [4.78, 5) is 16.0. The highest BCUT2D eigenvalue weighted by molar-refractivity contribution is 7.89. The Morgan fingerprint density at radius 2 is 1.81 bits per heavy atom. The molecule has 0 saturated carbocycles. The topological polar surface area (TPSA) is 93.5 Å². The Labute approximate surface area is 191 Å². The monoisotopic (exact) mass is 478 g/mol. The number of halogens is 1. The molecule has 1 N–H and O–H groups in total. The van der Waals surface area contributed by atoms with Gasteiger partial charge >= 0.3 is 0 Å². The number of nitriles is 1. The number of piperazine rings is 1. The van der Waals surface area contributed by atoms with Crippen LogP contribution in [-0.2, 0) is 27.7 Å². The lowest BCUT2D eigenvalue weighted by Gasteiger charge is -2.33. The lowest BCUT2D eigenvalue weighted by atomic mass is 9.96. The molecule has 0 bridgehead atoms. The fourth-order valence-electron chi connectivity index (χ4n) is 4.03. The first kappa shape index (κ1) is 22.2. The Morgan fingerprint density at radius 3 is 2.48 bits per heavy atom. The van der Waals surface area contributed by atoms with Crippen LogP contribution in [0.1, 0.15) is 28.8 Å². The zero-order valence-corrected chi connectivity index (χ0v) is 19.3. The Morgan fingerprint density at radius 1 is 1.13 bits per heavy atom. The van der Waals surface area contributed by atoms with Crippen molar-refractivity contribution in [1.82, 2.24) is 9.21 Å². The molecule has 1 aromatic carbocycles. The normalized spacial score (nSPS) is 17.7. The van der Waals surface area contributed by atoms with E-state index in [4.69, 9.17) is 11.6 Å². The van der Waals surface area contributed by atoms with Crippen LogP contribution >= 0.6 is 22.9 Å². The van der Waals surface area contributed by atoms with Gasteiger partial charge in [0.2, 0.25) is 15.9 Å². The van der Waals surface area contributed by atoms with E-state index in [0.29, 0.717) is 41.8 Å². The SMILES string of the molecule is N#Cc1c(NC(=O)CN2CCN(S(=O)(=O)c3ccc(Cl)cc3)CC2)sc2c1CCCC2. The predicted octanol–water partition coefficient (Wildman–Crippen LogP) is 3.10. The van der Waals surface area contributed by atoms with Gasteiger partial charge in [-0.05, 0) is 55.5 Å². The number of benzene rings is 1. The largest absolute Gasteiger partial charge is 0.315 e. The Kier molecular flexibility index (Phi) is 6.65. The van der Waals surface area contributed by atoms with Crippen LogP contribution in [0.3, 0.4) is 0 Å². The first-order valence-electron chi connectivity index (χ1n) is 10.2. The third-order valence-electron chi connectivity index (χ3n) is 5.69. The smallest absolute Gasteiger partial charge is 0.243 e. The summed E-state index contributed by atoms with van der Waals surface area (Å²) in [5.41, 5.74) is 1.70. The van der Waals surface area contributed by atoms with Crippen molar-refractivity contribution in [2.75, 3.05) is 38.0 Å². The van der Waals surface area contributed by atoms with Gasteiger partial charge in [-0.15, -0.1) is 11.3 Å². The molecule has 2 aromatic rings. The quantitative estimate of drug-likeness (QED) is 0.712. The number of nitrogens with zero attached hydrogens (tertiary/aromatic N) is 3. The highest BCUT2D eigenvalue weighted by atomic mass is 35.5. The van der Waals surface area contributed by atoms with Crippen LogP contribution in [0.5, 0.6) is 0 Å². The number of nitrogens with one attached hydrogen (secondary N) is 1. The van der Waals surface area contributed by atoms with E-state index in [1.54, 1.807) is 12.1 Å². The van der Waals surface area contributed by atoms with Crippen molar-refractivity contribution in [3.05, 3.63) is 45.3 Å². The van der Waals surface area contributed by atoms with Crippen molar-refractivity contribution in [3.63, 3.8) is 0 Å². The van der Waals surface area contributed by atoms with E-state index < -0.39 is 10.0 Å². The van der Waals surface area contributed by atoms with Crippen molar-refractivity contribution in [2.24, 2.45) is 0 Å². The maximum absolute atomic E-state index is 12.8. The number of amides is 1. The van der Waals surface area contributed by atoms with Gasteiger partial charge in [-0.25, -0.2) is 8.42 Å². The molecular weight excluding hydrogens is 456 g/mol. The Bertz CT molecular complexity index is 1110. The van der Waals surface area contributed by atoms with Crippen LogP contribution in [0, 0.1) is 11.3 Å². The molecule has 7 nitrogen and oxygen atoms in total. The molecule has 0 spiro atoms. The third-order valence-corrected chi connectivity index (χ3v) is 9.06. The number of hydrogen-bond donors (Lipinski definition) is 1. The van der Waals surface area contributed by atoms with Crippen molar-refractivity contribution >= 4 is 43.9 Å². The summed E-state index contributed by atoms with van der Waals surface area (Å²) in [6.45, 7) is 1.73. The second kappa shape index (κ2) is 9.27. The summed E-state index contributed by atoms with van der Waals surface area (Å²) < 4.78 is 27.0. The maximum Gasteiger partial charge on any atom is 0.243 e. The van der Waals surface area contributed by atoms with E-state index in [2.05, 4.69) is 11.4 Å². The van der Waals surface area contributed by atoms with E-state index in [-0.39, 0.29) is 17.3 Å². The first-order valence-corrected chi connectivity index (χ1v) is 12.8. The Balaban J connectivity index is 1.34. The number of anilines is 1. The summed E-state index contributed by atoms with van der Waals surface area (Å²) in [7, 11) is -3.58. The van der Waals surface area contributed by atoms with Crippen LogP contribution in [0.2, 0.25) is 5.02 Å². The lowest BCUT2D eigenvalue weighted by Crippen LogP contribution is -2.50. The van der Waals surface area contributed by atoms with Gasteiger partial charge < -0.3 is 5.32 Å². The van der Waals surface area contributed by atoms with Crippen LogP contribution in [-0.4, -0.2) is 56.3 Å². The fraction of sp³-hybridized carbons (Fsp3) is 0.429. The van der Waals surface area contributed by atoms with Gasteiger partial charge in [-0.2, -0.15) is 9.57 Å². The van der Waals surface area contributed by atoms with Crippen molar-refractivity contribution in [3.8, 4) is 6.07 Å². The molecule has 0 radical (unpaired) electrons. The molecule has 1 saturated heterocycles. The van der Waals surface area contributed by atoms with E-state index in [1.807, 2.05) is 4.90 Å². The average Bonchev–Trinajstić information content (AvgIpc) is 3.11. The molecule has 10 heteroatoms. The molecule has 0 atom stereocenters. The molecule has 1 amide bonds. The highest BCUT2D eigenvalue weighted by Crippen LogP contribution is 2.37. The molecule has 1 aliphatic carbocycles.